The number of thioether (sulfide) groups is 1. The van der Waals surface area contributed by atoms with Gasteiger partial charge in [0, 0.05) is 27.6 Å². The monoisotopic (exact) mass is 346 g/mol. The Kier molecular flexibility index (Phi) is 5.83. The second kappa shape index (κ2) is 7.23. The lowest BCUT2D eigenvalue weighted by Gasteiger charge is -2.27. The number of benzene rings is 1. The van der Waals surface area contributed by atoms with Gasteiger partial charge in [0.25, 0.3) is 0 Å². The van der Waals surface area contributed by atoms with Gasteiger partial charge in [0.15, 0.2) is 0 Å². The summed E-state index contributed by atoms with van der Waals surface area (Å²) in [4.78, 5) is 13.6. The molecular weight excluding hydrogens is 327 g/mol. The number of hydrogen-bond acceptors (Lipinski definition) is 3. The summed E-state index contributed by atoms with van der Waals surface area (Å²) in [5, 5.41) is 3.93. The van der Waals surface area contributed by atoms with E-state index in [0.717, 1.165) is 42.0 Å². The van der Waals surface area contributed by atoms with Gasteiger partial charge in [-0.2, -0.15) is 0 Å². The van der Waals surface area contributed by atoms with Crippen molar-refractivity contribution in [3.8, 4) is 0 Å². The number of carbonyl (C=O) groups is 1. The Bertz CT molecular complexity index is 526. The largest absolute Gasteiger partial charge is 0.349 e. The van der Waals surface area contributed by atoms with Crippen molar-refractivity contribution in [2.45, 2.75) is 42.7 Å². The predicted octanol–water partition coefficient (Wildman–Crippen LogP) is 3.54. The van der Waals surface area contributed by atoms with Gasteiger partial charge in [0.05, 0.1) is 6.04 Å². The van der Waals surface area contributed by atoms with E-state index in [9.17, 15) is 4.79 Å². The molecule has 1 aliphatic heterocycles. The van der Waals surface area contributed by atoms with Gasteiger partial charge in [-0.1, -0.05) is 11.6 Å². The SMILES string of the molecule is Cl.NC1CCC(C(=O)NC2CCSc3ccc(Cl)cc32)C1. The van der Waals surface area contributed by atoms with Gasteiger partial charge in [-0.3, -0.25) is 4.79 Å². The summed E-state index contributed by atoms with van der Waals surface area (Å²) in [6.45, 7) is 0. The maximum atomic E-state index is 12.3. The molecule has 1 aromatic rings. The molecule has 6 heteroatoms. The fourth-order valence-electron chi connectivity index (χ4n) is 3.06. The summed E-state index contributed by atoms with van der Waals surface area (Å²) in [7, 11) is 0. The van der Waals surface area contributed by atoms with Crippen LogP contribution in [0.5, 0.6) is 0 Å². The summed E-state index contributed by atoms with van der Waals surface area (Å²) in [6.07, 6.45) is 3.65. The van der Waals surface area contributed by atoms with Crippen molar-refractivity contribution in [1.82, 2.24) is 5.32 Å². The first-order valence-corrected chi connectivity index (χ1v) is 8.48. The highest BCUT2D eigenvalue weighted by Crippen LogP contribution is 2.38. The standard InChI is InChI=1S/C15H19ClN2OS.ClH/c16-10-2-4-14-12(8-10)13(5-6-20-14)18-15(19)9-1-3-11(17)7-9;/h2,4,8-9,11,13H,1,3,5-7,17H2,(H,18,19);1H. The highest BCUT2D eigenvalue weighted by atomic mass is 35.5. The predicted molar refractivity (Wildman–Crippen MR) is 90.2 cm³/mol. The Morgan fingerprint density at radius 3 is 2.86 bits per heavy atom. The molecular formula is C15H20Cl2N2OS. The molecule has 0 bridgehead atoms. The van der Waals surface area contributed by atoms with E-state index in [2.05, 4.69) is 5.32 Å². The van der Waals surface area contributed by atoms with Crippen LogP contribution in [-0.4, -0.2) is 17.7 Å². The normalized spacial score (nSPS) is 27.6. The van der Waals surface area contributed by atoms with Gasteiger partial charge in [-0.05, 0) is 49.4 Å². The quantitative estimate of drug-likeness (QED) is 0.860. The van der Waals surface area contributed by atoms with Crippen LogP contribution in [0.25, 0.3) is 0 Å². The second-order valence-electron chi connectivity index (χ2n) is 5.65. The summed E-state index contributed by atoms with van der Waals surface area (Å²) in [6, 6.07) is 6.22. The number of amides is 1. The third-order valence-corrected chi connectivity index (χ3v) is 5.53. The summed E-state index contributed by atoms with van der Waals surface area (Å²) in [5.41, 5.74) is 7.05. The smallest absolute Gasteiger partial charge is 0.223 e. The average molecular weight is 347 g/mol. The number of fused-ring (bicyclic) bond motifs is 1. The number of nitrogens with two attached hydrogens (primary N) is 1. The van der Waals surface area contributed by atoms with Crippen LogP contribution in [0.1, 0.15) is 37.3 Å². The molecule has 3 atom stereocenters. The lowest BCUT2D eigenvalue weighted by atomic mass is 10.0. The zero-order valence-corrected chi connectivity index (χ0v) is 14.1. The van der Waals surface area contributed by atoms with Crippen molar-refractivity contribution in [3.05, 3.63) is 28.8 Å². The van der Waals surface area contributed by atoms with Crippen LogP contribution in [0.4, 0.5) is 0 Å². The number of halogens is 2. The molecule has 1 aromatic carbocycles. The van der Waals surface area contributed by atoms with Crippen molar-refractivity contribution in [2.24, 2.45) is 11.7 Å². The van der Waals surface area contributed by atoms with Gasteiger partial charge in [0.2, 0.25) is 5.91 Å². The van der Waals surface area contributed by atoms with Crippen molar-refractivity contribution >= 4 is 41.7 Å². The van der Waals surface area contributed by atoms with E-state index in [4.69, 9.17) is 17.3 Å². The Labute approximate surface area is 140 Å². The molecule has 3 unspecified atom stereocenters. The van der Waals surface area contributed by atoms with E-state index in [1.165, 1.54) is 4.90 Å². The molecule has 0 radical (unpaired) electrons. The van der Waals surface area contributed by atoms with Crippen LogP contribution in [-0.2, 0) is 4.79 Å². The third-order valence-electron chi connectivity index (χ3n) is 4.17. The molecule has 3 rings (SSSR count). The van der Waals surface area contributed by atoms with Crippen molar-refractivity contribution in [1.29, 1.82) is 0 Å². The fourth-order valence-corrected chi connectivity index (χ4v) is 4.35. The molecule has 116 valence electrons. The second-order valence-corrected chi connectivity index (χ2v) is 7.22. The van der Waals surface area contributed by atoms with Gasteiger partial charge in [-0.15, -0.1) is 24.2 Å². The first kappa shape index (κ1) is 16.9. The lowest BCUT2D eigenvalue weighted by Crippen LogP contribution is -2.35. The van der Waals surface area contributed by atoms with Crippen LogP contribution in [0.2, 0.25) is 5.02 Å². The number of hydrogen-bond donors (Lipinski definition) is 2. The van der Waals surface area contributed by atoms with E-state index < -0.39 is 0 Å². The molecule has 1 amide bonds. The zero-order valence-electron chi connectivity index (χ0n) is 11.7. The van der Waals surface area contributed by atoms with E-state index in [-0.39, 0.29) is 36.3 Å². The lowest BCUT2D eigenvalue weighted by molar-refractivity contribution is -0.125. The van der Waals surface area contributed by atoms with Crippen LogP contribution in [0, 0.1) is 5.92 Å². The molecule has 0 aromatic heterocycles. The van der Waals surface area contributed by atoms with Crippen molar-refractivity contribution in [3.63, 3.8) is 0 Å². The number of nitrogens with one attached hydrogen (secondary N) is 1. The fraction of sp³-hybridized carbons (Fsp3) is 0.533. The first-order chi connectivity index (χ1) is 9.63. The highest BCUT2D eigenvalue weighted by Gasteiger charge is 2.30. The maximum absolute atomic E-state index is 12.3. The molecule has 2 aliphatic rings. The molecule has 1 aliphatic carbocycles. The van der Waals surface area contributed by atoms with Gasteiger partial charge >= 0.3 is 0 Å². The van der Waals surface area contributed by atoms with Crippen molar-refractivity contribution < 1.29 is 4.79 Å². The van der Waals surface area contributed by atoms with E-state index in [1.807, 2.05) is 30.0 Å². The summed E-state index contributed by atoms with van der Waals surface area (Å²) in [5.74, 6) is 1.27. The Hall–Kier alpha value is -0.420. The molecule has 0 spiro atoms. The molecule has 1 heterocycles. The number of carbonyl (C=O) groups excluding carboxylic acids is 1. The van der Waals surface area contributed by atoms with Gasteiger partial charge in [-0.25, -0.2) is 0 Å². The van der Waals surface area contributed by atoms with E-state index >= 15 is 0 Å². The molecule has 3 nitrogen and oxygen atoms in total. The van der Waals surface area contributed by atoms with Gasteiger partial charge < -0.3 is 11.1 Å². The summed E-state index contributed by atoms with van der Waals surface area (Å²) >= 11 is 7.92. The van der Waals surface area contributed by atoms with Crippen molar-refractivity contribution in [2.75, 3.05) is 5.75 Å². The zero-order chi connectivity index (χ0) is 14.1. The molecule has 1 fully saturated rings. The molecule has 21 heavy (non-hydrogen) atoms. The Morgan fingerprint density at radius 2 is 2.14 bits per heavy atom. The first-order valence-electron chi connectivity index (χ1n) is 7.11. The van der Waals surface area contributed by atoms with Crippen LogP contribution < -0.4 is 11.1 Å². The summed E-state index contributed by atoms with van der Waals surface area (Å²) < 4.78 is 0. The molecule has 1 saturated carbocycles. The highest BCUT2D eigenvalue weighted by molar-refractivity contribution is 7.99. The van der Waals surface area contributed by atoms with Gasteiger partial charge in [0.1, 0.15) is 0 Å². The molecule has 0 saturated heterocycles. The minimum atomic E-state index is 0. The Balaban J connectivity index is 0.00000161. The minimum Gasteiger partial charge on any atom is -0.349 e. The molecule has 3 N–H and O–H groups in total. The Morgan fingerprint density at radius 1 is 1.33 bits per heavy atom. The topological polar surface area (TPSA) is 55.1 Å². The minimum absolute atomic E-state index is 0. The average Bonchev–Trinajstić information content (AvgIpc) is 2.86. The number of rotatable bonds is 2. The van der Waals surface area contributed by atoms with Crippen LogP contribution in [0.15, 0.2) is 23.1 Å². The third kappa shape index (κ3) is 3.86. The van der Waals surface area contributed by atoms with E-state index in [0.29, 0.717) is 0 Å². The maximum Gasteiger partial charge on any atom is 0.223 e. The van der Waals surface area contributed by atoms with E-state index in [1.54, 1.807) is 0 Å². The van der Waals surface area contributed by atoms with Crippen LogP contribution >= 0.6 is 35.8 Å². The van der Waals surface area contributed by atoms with Crippen LogP contribution in [0.3, 0.4) is 0 Å².